The Labute approximate surface area is 151 Å². The lowest BCUT2D eigenvalue weighted by molar-refractivity contribution is -0.387. The van der Waals surface area contributed by atoms with Crippen LogP contribution in [0.1, 0.15) is 17.3 Å². The maximum absolute atomic E-state index is 13.3. The van der Waals surface area contributed by atoms with Crippen molar-refractivity contribution in [1.29, 1.82) is 0 Å². The Morgan fingerprint density at radius 2 is 2.12 bits per heavy atom. The van der Waals surface area contributed by atoms with Crippen molar-refractivity contribution < 1.29 is 23.6 Å². The maximum Gasteiger partial charge on any atom is 0.316 e. The van der Waals surface area contributed by atoms with Crippen molar-refractivity contribution in [2.24, 2.45) is 0 Å². The zero-order chi connectivity index (χ0) is 19.1. The second kappa shape index (κ2) is 8.90. The number of nitrogens with zero attached hydrogens (tertiary/aromatic N) is 2. The fourth-order valence-electron chi connectivity index (χ4n) is 1.87. The highest BCUT2D eigenvalue weighted by molar-refractivity contribution is 7.99. The number of hydrogen-bond donors (Lipinski definition) is 1. The summed E-state index contributed by atoms with van der Waals surface area (Å²) in [4.78, 5) is 37.3. The maximum atomic E-state index is 13.3. The minimum absolute atomic E-state index is 0.0869. The van der Waals surface area contributed by atoms with E-state index in [2.05, 4.69) is 10.3 Å². The summed E-state index contributed by atoms with van der Waals surface area (Å²) in [7, 11) is 0. The van der Waals surface area contributed by atoms with Crippen LogP contribution in [0.2, 0.25) is 0 Å². The summed E-state index contributed by atoms with van der Waals surface area (Å²) in [5.41, 5.74) is -0.437. The number of esters is 1. The number of hydrogen-bond acceptors (Lipinski definition) is 7. The van der Waals surface area contributed by atoms with Crippen molar-refractivity contribution in [3.05, 3.63) is 58.0 Å². The highest BCUT2D eigenvalue weighted by Gasteiger charge is 2.16. The second-order valence-corrected chi connectivity index (χ2v) is 5.85. The molecule has 2 aromatic rings. The van der Waals surface area contributed by atoms with Crippen molar-refractivity contribution in [1.82, 2.24) is 4.98 Å². The molecular weight excluding hydrogens is 365 g/mol. The molecule has 2 rings (SSSR count). The standard InChI is InChI=1S/C16H14FN3O5S/c1-2-25-15(21)9-26-14-6-3-10(8-18-14)16(22)19-11-4-5-12(17)13(7-11)20(23)24/h3-8H,2,9H2,1H3,(H,19,22). The first-order valence-electron chi connectivity index (χ1n) is 7.40. The Kier molecular flexibility index (Phi) is 6.61. The smallest absolute Gasteiger partial charge is 0.316 e. The number of carbonyl (C=O) groups is 2. The third-order valence-electron chi connectivity index (χ3n) is 3.04. The van der Waals surface area contributed by atoms with Crippen LogP contribution in [0.5, 0.6) is 0 Å². The van der Waals surface area contributed by atoms with Gasteiger partial charge in [0.1, 0.15) is 0 Å². The molecule has 0 bridgehead atoms. The highest BCUT2D eigenvalue weighted by Crippen LogP contribution is 2.22. The van der Waals surface area contributed by atoms with Crippen molar-refractivity contribution in [3.8, 4) is 0 Å². The quantitative estimate of drug-likeness (QED) is 0.341. The fraction of sp³-hybridized carbons (Fsp3) is 0.188. The number of halogens is 1. The number of aromatic nitrogens is 1. The van der Waals surface area contributed by atoms with Gasteiger partial charge in [0, 0.05) is 18.0 Å². The van der Waals surface area contributed by atoms with E-state index in [4.69, 9.17) is 4.74 Å². The number of thioether (sulfide) groups is 1. The lowest BCUT2D eigenvalue weighted by Gasteiger charge is -2.06. The molecule has 0 aliphatic rings. The number of nitro benzene ring substituents is 1. The molecule has 1 amide bonds. The fourth-order valence-corrected chi connectivity index (χ4v) is 2.51. The first-order valence-corrected chi connectivity index (χ1v) is 8.39. The van der Waals surface area contributed by atoms with Crippen molar-refractivity contribution in [2.75, 3.05) is 17.7 Å². The van der Waals surface area contributed by atoms with Crippen molar-refractivity contribution in [3.63, 3.8) is 0 Å². The average Bonchev–Trinajstić information content (AvgIpc) is 2.62. The number of pyridine rings is 1. The molecule has 0 atom stereocenters. The highest BCUT2D eigenvalue weighted by atomic mass is 32.2. The Hall–Kier alpha value is -3.01. The second-order valence-electron chi connectivity index (χ2n) is 4.86. The molecule has 10 heteroatoms. The summed E-state index contributed by atoms with van der Waals surface area (Å²) >= 11 is 1.17. The van der Waals surface area contributed by atoms with Gasteiger partial charge in [0.2, 0.25) is 5.82 Å². The molecule has 0 spiro atoms. The molecule has 1 aromatic carbocycles. The topological polar surface area (TPSA) is 111 Å². The number of nitrogens with one attached hydrogen (secondary N) is 1. The number of benzene rings is 1. The van der Waals surface area contributed by atoms with E-state index in [1.165, 1.54) is 30.1 Å². The molecule has 0 aliphatic carbocycles. The Morgan fingerprint density at radius 1 is 1.35 bits per heavy atom. The molecule has 26 heavy (non-hydrogen) atoms. The van der Waals surface area contributed by atoms with Gasteiger partial charge in [-0.2, -0.15) is 4.39 Å². The van der Waals surface area contributed by atoms with E-state index in [9.17, 15) is 24.1 Å². The Morgan fingerprint density at radius 3 is 2.73 bits per heavy atom. The van der Waals surface area contributed by atoms with Gasteiger partial charge in [-0.15, -0.1) is 0 Å². The normalized spacial score (nSPS) is 10.2. The zero-order valence-electron chi connectivity index (χ0n) is 13.6. The largest absolute Gasteiger partial charge is 0.465 e. The monoisotopic (exact) mass is 379 g/mol. The Balaban J connectivity index is 2.01. The summed E-state index contributed by atoms with van der Waals surface area (Å²) in [6.45, 7) is 2.01. The van der Waals surface area contributed by atoms with Gasteiger partial charge in [-0.05, 0) is 31.2 Å². The van der Waals surface area contributed by atoms with Crippen LogP contribution in [0, 0.1) is 15.9 Å². The lowest BCUT2D eigenvalue weighted by Crippen LogP contribution is -2.12. The molecule has 1 heterocycles. The predicted molar refractivity (Wildman–Crippen MR) is 92.6 cm³/mol. The number of amides is 1. The number of carbonyl (C=O) groups excluding carboxylic acids is 2. The van der Waals surface area contributed by atoms with Crippen molar-refractivity contribution >= 4 is 35.0 Å². The van der Waals surface area contributed by atoms with Gasteiger partial charge in [0.25, 0.3) is 5.91 Å². The van der Waals surface area contributed by atoms with E-state index in [0.29, 0.717) is 11.6 Å². The van der Waals surface area contributed by atoms with Gasteiger partial charge in [-0.3, -0.25) is 19.7 Å². The summed E-state index contributed by atoms with van der Waals surface area (Å²) < 4.78 is 18.1. The van der Waals surface area contributed by atoms with Crippen LogP contribution in [0.3, 0.4) is 0 Å². The van der Waals surface area contributed by atoms with E-state index in [1.807, 2.05) is 0 Å². The minimum atomic E-state index is -0.988. The van der Waals surface area contributed by atoms with Crippen LogP contribution < -0.4 is 5.32 Å². The van der Waals surface area contributed by atoms with Crippen molar-refractivity contribution in [2.45, 2.75) is 11.9 Å². The van der Waals surface area contributed by atoms with Gasteiger partial charge >= 0.3 is 11.7 Å². The predicted octanol–water partition coefficient (Wildman–Crippen LogP) is 3.04. The van der Waals surface area contributed by atoms with Gasteiger partial charge in [0.05, 0.1) is 27.9 Å². The van der Waals surface area contributed by atoms with Gasteiger partial charge in [-0.1, -0.05) is 11.8 Å². The molecular formula is C16H14FN3O5S. The van der Waals surface area contributed by atoms with Crippen LogP contribution in [-0.2, 0) is 9.53 Å². The van der Waals surface area contributed by atoms with Gasteiger partial charge in [0.15, 0.2) is 0 Å². The molecule has 8 nitrogen and oxygen atoms in total. The number of ether oxygens (including phenoxy) is 1. The molecule has 1 N–H and O–H groups in total. The van der Waals surface area contributed by atoms with E-state index in [1.54, 1.807) is 13.0 Å². The van der Waals surface area contributed by atoms with Gasteiger partial charge in [-0.25, -0.2) is 4.98 Å². The van der Waals surface area contributed by atoms with Gasteiger partial charge < -0.3 is 10.1 Å². The molecule has 0 saturated heterocycles. The van der Waals surface area contributed by atoms with Crippen LogP contribution in [-0.4, -0.2) is 34.1 Å². The first-order chi connectivity index (χ1) is 12.4. The molecule has 0 aliphatic heterocycles. The SMILES string of the molecule is CCOC(=O)CSc1ccc(C(=O)Nc2ccc(F)c([N+](=O)[O-])c2)cn1. The molecule has 136 valence electrons. The number of nitro groups is 1. The molecule has 0 saturated carbocycles. The summed E-state index contributed by atoms with van der Waals surface area (Å²) in [5, 5.41) is 13.7. The minimum Gasteiger partial charge on any atom is -0.465 e. The van der Waals surface area contributed by atoms with E-state index < -0.39 is 22.3 Å². The molecule has 0 fully saturated rings. The molecule has 0 radical (unpaired) electrons. The van der Waals surface area contributed by atoms with Crippen LogP contribution >= 0.6 is 11.8 Å². The number of rotatable bonds is 7. The third kappa shape index (κ3) is 5.24. The molecule has 1 aromatic heterocycles. The van der Waals surface area contributed by atoms with Crippen LogP contribution in [0.25, 0.3) is 0 Å². The van der Waals surface area contributed by atoms with E-state index in [-0.39, 0.29) is 23.0 Å². The van der Waals surface area contributed by atoms with E-state index in [0.717, 1.165) is 12.1 Å². The first kappa shape index (κ1) is 19.3. The van der Waals surface area contributed by atoms with E-state index >= 15 is 0 Å². The Bertz CT molecular complexity index is 829. The summed E-state index contributed by atoms with van der Waals surface area (Å²) in [6.07, 6.45) is 1.31. The molecule has 0 unspecified atom stereocenters. The average molecular weight is 379 g/mol. The zero-order valence-corrected chi connectivity index (χ0v) is 14.4. The number of anilines is 1. The summed E-state index contributed by atoms with van der Waals surface area (Å²) in [6, 6.07) is 6.11. The lowest BCUT2D eigenvalue weighted by atomic mass is 10.2. The van der Waals surface area contributed by atoms with Crippen LogP contribution in [0.15, 0.2) is 41.6 Å². The van der Waals surface area contributed by atoms with Crippen LogP contribution in [0.4, 0.5) is 15.8 Å². The third-order valence-corrected chi connectivity index (χ3v) is 3.96. The summed E-state index contributed by atoms with van der Waals surface area (Å²) in [5.74, 6) is -1.80.